The zero-order valence-electron chi connectivity index (χ0n) is 29.6. The molecule has 6 aromatic carbocycles. The monoisotopic (exact) mass is 645 g/mol. The molecule has 3 unspecified atom stereocenters. The van der Waals surface area contributed by atoms with Crippen LogP contribution in [-0.2, 0) is 16.2 Å². The van der Waals surface area contributed by atoms with Gasteiger partial charge in [0.15, 0.2) is 0 Å². The highest BCUT2D eigenvalue weighted by molar-refractivity contribution is 5.97. The van der Waals surface area contributed by atoms with Crippen LogP contribution in [0.25, 0.3) is 33.4 Å². The molecule has 0 saturated heterocycles. The summed E-state index contributed by atoms with van der Waals surface area (Å²) >= 11 is 0. The van der Waals surface area contributed by atoms with Crippen LogP contribution in [0.2, 0.25) is 0 Å². The van der Waals surface area contributed by atoms with Crippen molar-refractivity contribution in [2.24, 2.45) is 11.8 Å². The number of rotatable bonds is 3. The molecular weight excluding hydrogens is 603 g/mol. The van der Waals surface area contributed by atoms with Crippen molar-refractivity contribution in [3.8, 4) is 33.4 Å². The Bertz CT molecular complexity index is 2320. The van der Waals surface area contributed by atoms with E-state index in [1.165, 1.54) is 98.4 Å². The van der Waals surface area contributed by atoms with Crippen LogP contribution in [0.3, 0.4) is 0 Å². The van der Waals surface area contributed by atoms with Gasteiger partial charge in [0.05, 0.1) is 5.69 Å². The summed E-state index contributed by atoms with van der Waals surface area (Å²) in [5.74, 6) is 1.58. The first-order chi connectivity index (χ1) is 24.3. The molecule has 3 atom stereocenters. The lowest BCUT2D eigenvalue weighted by Crippen LogP contribution is -2.31. The molecule has 50 heavy (non-hydrogen) atoms. The molecule has 0 aliphatic heterocycles. The third-order valence-corrected chi connectivity index (χ3v) is 13.9. The maximum absolute atomic E-state index is 2.61. The maximum atomic E-state index is 2.61. The Balaban J connectivity index is 1.17. The van der Waals surface area contributed by atoms with E-state index in [0.29, 0.717) is 0 Å². The minimum atomic E-state index is -0.0758. The van der Waals surface area contributed by atoms with E-state index in [9.17, 15) is 0 Å². The van der Waals surface area contributed by atoms with Gasteiger partial charge in [0.1, 0.15) is 0 Å². The van der Waals surface area contributed by atoms with E-state index in [1.807, 2.05) is 0 Å². The molecule has 244 valence electrons. The van der Waals surface area contributed by atoms with Gasteiger partial charge in [-0.1, -0.05) is 131 Å². The largest absolute Gasteiger partial charge is 0.310 e. The minimum Gasteiger partial charge on any atom is -0.310 e. The lowest BCUT2D eigenvalue weighted by Gasteiger charge is -2.37. The van der Waals surface area contributed by atoms with Crippen LogP contribution >= 0.6 is 0 Å². The predicted octanol–water partition coefficient (Wildman–Crippen LogP) is 12.9. The molecule has 1 spiro atoms. The molecule has 0 amide bonds. The van der Waals surface area contributed by atoms with Crippen molar-refractivity contribution in [1.29, 1.82) is 0 Å². The van der Waals surface area contributed by atoms with E-state index in [4.69, 9.17) is 0 Å². The van der Waals surface area contributed by atoms with E-state index in [0.717, 1.165) is 11.8 Å². The van der Waals surface area contributed by atoms with Gasteiger partial charge in [-0.2, -0.15) is 0 Å². The Morgan fingerprint density at radius 1 is 0.480 bits per heavy atom. The first-order valence-corrected chi connectivity index (χ1v) is 18.8. The second-order valence-electron chi connectivity index (χ2n) is 16.9. The Morgan fingerprint density at radius 3 is 1.56 bits per heavy atom. The molecule has 0 N–H and O–H groups in total. The molecule has 0 aromatic heterocycles. The zero-order valence-corrected chi connectivity index (χ0v) is 29.6. The van der Waals surface area contributed by atoms with Crippen LogP contribution in [0.15, 0.2) is 127 Å². The van der Waals surface area contributed by atoms with E-state index >= 15 is 0 Å². The first kappa shape index (κ1) is 28.9. The van der Waals surface area contributed by atoms with E-state index < -0.39 is 0 Å². The third-order valence-electron chi connectivity index (χ3n) is 13.9. The van der Waals surface area contributed by atoms with Gasteiger partial charge in [-0.25, -0.2) is 0 Å². The molecule has 6 aromatic rings. The highest BCUT2D eigenvalue weighted by Gasteiger charge is 2.57. The average Bonchev–Trinajstić information content (AvgIpc) is 3.92. The molecule has 2 fully saturated rings. The minimum absolute atomic E-state index is 0.0758. The van der Waals surface area contributed by atoms with Crippen molar-refractivity contribution in [3.05, 3.63) is 161 Å². The van der Waals surface area contributed by atoms with E-state index in [1.54, 1.807) is 11.1 Å². The highest BCUT2D eigenvalue weighted by atomic mass is 15.1. The van der Waals surface area contributed by atoms with Gasteiger partial charge in [-0.15, -0.1) is 0 Å². The van der Waals surface area contributed by atoms with Gasteiger partial charge in [-0.3, -0.25) is 0 Å². The summed E-state index contributed by atoms with van der Waals surface area (Å²) in [7, 11) is 0. The van der Waals surface area contributed by atoms with Crippen molar-refractivity contribution in [1.82, 2.24) is 0 Å². The van der Waals surface area contributed by atoms with Crippen LogP contribution < -0.4 is 4.90 Å². The number of anilines is 3. The molecule has 5 aliphatic carbocycles. The molecule has 0 radical (unpaired) electrons. The summed E-state index contributed by atoms with van der Waals surface area (Å²) in [5.41, 5.74) is 20.9. The van der Waals surface area contributed by atoms with Crippen LogP contribution in [0.5, 0.6) is 0 Å². The molecule has 2 saturated carbocycles. The van der Waals surface area contributed by atoms with Crippen molar-refractivity contribution < 1.29 is 0 Å². The topological polar surface area (TPSA) is 3.24 Å². The van der Waals surface area contributed by atoms with Crippen molar-refractivity contribution in [3.63, 3.8) is 0 Å². The van der Waals surface area contributed by atoms with Crippen LogP contribution in [-0.4, -0.2) is 0 Å². The fraction of sp³-hybridized carbons (Fsp3) is 0.265. The summed E-state index contributed by atoms with van der Waals surface area (Å²) in [4.78, 5) is 2.61. The predicted molar refractivity (Wildman–Crippen MR) is 208 cm³/mol. The Labute approximate surface area is 296 Å². The summed E-state index contributed by atoms with van der Waals surface area (Å²) in [5, 5.41) is 0. The number of hydrogen-bond donors (Lipinski definition) is 0. The fourth-order valence-corrected chi connectivity index (χ4v) is 11.7. The molecule has 2 bridgehead atoms. The van der Waals surface area contributed by atoms with Gasteiger partial charge < -0.3 is 4.90 Å². The number of fused-ring (bicyclic) bond motifs is 14. The second kappa shape index (κ2) is 9.67. The van der Waals surface area contributed by atoms with E-state index in [-0.39, 0.29) is 16.2 Å². The van der Waals surface area contributed by atoms with Gasteiger partial charge >= 0.3 is 0 Å². The molecule has 1 heteroatoms. The normalized spacial score (nSPS) is 23.3. The number of nitrogens with zero attached hydrogens (tertiary/aromatic N) is 1. The number of hydrogen-bond acceptors (Lipinski definition) is 1. The summed E-state index contributed by atoms with van der Waals surface area (Å²) in [6.07, 6.45) is 5.42. The maximum Gasteiger partial charge on any atom is 0.0543 e. The van der Waals surface area contributed by atoms with Gasteiger partial charge in [0, 0.05) is 33.2 Å². The smallest absolute Gasteiger partial charge is 0.0543 e. The molecule has 5 aliphatic rings. The van der Waals surface area contributed by atoms with Crippen molar-refractivity contribution in [2.45, 2.75) is 69.6 Å². The van der Waals surface area contributed by atoms with Crippen molar-refractivity contribution in [2.75, 3.05) is 4.90 Å². The number of benzene rings is 6. The quantitative estimate of drug-likeness (QED) is 0.185. The van der Waals surface area contributed by atoms with Crippen LogP contribution in [0.4, 0.5) is 17.1 Å². The Morgan fingerprint density at radius 2 is 1.00 bits per heavy atom. The molecule has 1 nitrogen and oxygen atoms in total. The van der Waals surface area contributed by atoms with Gasteiger partial charge in [0.25, 0.3) is 0 Å². The van der Waals surface area contributed by atoms with Crippen LogP contribution in [0, 0.1) is 11.8 Å². The lowest BCUT2D eigenvalue weighted by atomic mass is 9.67. The molecule has 0 heterocycles. The standard InChI is InChI=1S/C49H43N/c1-47(2)39-15-8-5-12-34(39)36-24-22-32(27-43(36)47)50(33-23-25-37-35-13-6-9-16-40(35)48(3,4)44(37)28-33)45-19-11-18-42-46(45)38-14-7-10-17-41(38)49(42)29-30-20-21-31(49)26-30/h5-19,22-25,27-28,30-31H,20-21,26,29H2,1-4H3. The molecular formula is C49H43N. The van der Waals surface area contributed by atoms with Crippen LogP contribution in [0.1, 0.15) is 86.8 Å². The fourth-order valence-electron chi connectivity index (χ4n) is 11.7. The summed E-state index contributed by atoms with van der Waals surface area (Å²) < 4.78 is 0. The highest BCUT2D eigenvalue weighted by Crippen LogP contribution is 2.67. The Kier molecular flexibility index (Phi) is 5.59. The average molecular weight is 646 g/mol. The van der Waals surface area contributed by atoms with Gasteiger partial charge in [0.2, 0.25) is 0 Å². The molecule has 11 rings (SSSR count). The second-order valence-corrected chi connectivity index (χ2v) is 16.9. The van der Waals surface area contributed by atoms with Gasteiger partial charge in [-0.05, 0) is 123 Å². The van der Waals surface area contributed by atoms with E-state index in [2.05, 4.69) is 160 Å². The zero-order chi connectivity index (χ0) is 33.6. The SMILES string of the molecule is CC1(C)c2ccccc2-c2ccc(N(c3ccc4c(c3)C(C)(C)c3ccccc3-4)c3cccc4c3-c3ccccc3C43CC4CCC3C4)cc21. The Hall–Kier alpha value is -4.88. The first-order valence-electron chi connectivity index (χ1n) is 18.8. The summed E-state index contributed by atoms with van der Waals surface area (Å²) in [6.45, 7) is 9.60. The van der Waals surface area contributed by atoms with Crippen molar-refractivity contribution >= 4 is 17.1 Å². The third kappa shape index (κ3) is 3.49. The lowest BCUT2D eigenvalue weighted by molar-refractivity contribution is 0.327. The summed E-state index contributed by atoms with van der Waals surface area (Å²) in [6, 6.07) is 49.3.